The minimum absolute atomic E-state index is 0.146. The van der Waals surface area contributed by atoms with Crippen LogP contribution in [0.3, 0.4) is 0 Å². The number of nitrogens with zero attached hydrogens (tertiary/aromatic N) is 2. The van der Waals surface area contributed by atoms with Crippen molar-refractivity contribution in [2.75, 3.05) is 9.80 Å². The summed E-state index contributed by atoms with van der Waals surface area (Å²) in [6.07, 6.45) is 16.5. The third kappa shape index (κ3) is 13.4. The van der Waals surface area contributed by atoms with Gasteiger partial charge >= 0.3 is 282 Å². The molecule has 0 spiro atoms. The summed E-state index contributed by atoms with van der Waals surface area (Å²) in [5, 5.41) is 0. The predicted octanol–water partition coefficient (Wildman–Crippen LogP) is 23.1. The van der Waals surface area contributed by atoms with Crippen LogP contribution in [-0.4, -0.2) is 24.5 Å². The third-order valence-corrected chi connectivity index (χ3v) is 30.7. The van der Waals surface area contributed by atoms with E-state index >= 15 is 0 Å². The number of unbranched alkanes of at least 4 members (excludes halogenated alkanes) is 2. The Morgan fingerprint density at radius 1 is 0.361 bits per heavy atom. The van der Waals surface area contributed by atoms with Crippen LogP contribution in [0.2, 0.25) is 8.87 Å². The number of hydrogen-bond acceptors (Lipinski definition) is 2. The van der Waals surface area contributed by atoms with Gasteiger partial charge < -0.3 is 4.90 Å². The van der Waals surface area contributed by atoms with Gasteiger partial charge in [0.2, 0.25) is 0 Å². The smallest absolute Gasteiger partial charge is 0.308 e. The van der Waals surface area contributed by atoms with Gasteiger partial charge in [0.05, 0.1) is 5.69 Å². The van der Waals surface area contributed by atoms with E-state index in [-0.39, 0.29) is 6.13 Å². The summed E-state index contributed by atoms with van der Waals surface area (Å²) in [5.74, 6) is 2.08. The Balaban J connectivity index is 0.000000176. The molecule has 0 bridgehead atoms. The van der Waals surface area contributed by atoms with Gasteiger partial charge in [-0.05, 0) is 64.6 Å². The molecule has 83 heavy (non-hydrogen) atoms. The maximum atomic E-state index is 6.79. The molecule has 10 aromatic rings. The Morgan fingerprint density at radius 2 is 0.687 bits per heavy atom. The van der Waals surface area contributed by atoms with Crippen LogP contribution in [0.4, 0.5) is 34.1 Å². The molecule has 0 fully saturated rings. The summed E-state index contributed by atoms with van der Waals surface area (Å²) in [4.78, 5) is 4.83. The summed E-state index contributed by atoms with van der Waals surface area (Å²) in [6, 6.07) is 96.0. The van der Waals surface area contributed by atoms with Gasteiger partial charge in [-0.1, -0.05) is 127 Å². The number of rotatable bonds is 18. The molecule has 0 unspecified atom stereocenters. The molecule has 5 heteroatoms. The second-order valence-electron chi connectivity index (χ2n) is 21.7. The van der Waals surface area contributed by atoms with E-state index in [1.165, 1.54) is 102 Å². The number of hydrogen-bond donors (Lipinski definition) is 0. The minimum atomic E-state index is -2.80. The van der Waals surface area contributed by atoms with Gasteiger partial charge in [-0.15, -0.1) is 0 Å². The Bertz CT molecular complexity index is 3630. The van der Waals surface area contributed by atoms with Crippen LogP contribution in [0.1, 0.15) is 63.5 Å². The van der Waals surface area contributed by atoms with Crippen molar-refractivity contribution in [3.63, 3.8) is 0 Å². The van der Waals surface area contributed by atoms with Gasteiger partial charge in [0.25, 0.3) is 0 Å². The maximum absolute atomic E-state index is 6.79. The zero-order valence-electron chi connectivity index (χ0n) is 47.9. The van der Waals surface area contributed by atoms with Crippen LogP contribution >= 0.6 is 11.5 Å². The standard InChI is InChI=1S/C35H27BClN.C35H27N.2C4H9.Sn/c37-36-26-10-9-16-34(36)33-15-7-8-17-35(33)38(31-22-18-29(19-23-31)27-11-3-1-4-12-27)32-24-20-30(21-25-32)28-13-5-2-6-14-28;1-2-3-6-17-32-18-11-12-19-35(32)36(33-24-20-30(21-25-33)28-13-7-4-8-14-28)34-26-22-31(23-27-34)29-15-9-5-10-16-29;2*1-3-4-2;/h1-8,10-26H,9H2;1-2,4-16,18-27H,3H2;2*1,3-4H2,2H3;. The van der Waals surface area contributed by atoms with E-state index in [0.717, 1.165) is 40.9 Å². The van der Waals surface area contributed by atoms with Gasteiger partial charge in [-0.3, -0.25) is 0 Å². The molecular formula is C78H72BClN2Sn. The topological polar surface area (TPSA) is 6.48 Å². The van der Waals surface area contributed by atoms with Gasteiger partial charge in [0, 0.05) is 11.4 Å². The van der Waals surface area contributed by atoms with E-state index in [4.69, 9.17) is 11.5 Å². The molecule has 0 saturated carbocycles. The summed E-state index contributed by atoms with van der Waals surface area (Å²) < 4.78 is 7.27. The van der Waals surface area contributed by atoms with E-state index < -0.39 is 18.4 Å². The second kappa shape index (κ2) is 27.8. The SMILES string of the molecule is CCC[CH2][Sn]1([CH2]CCC)[CH]=CCC=[C]1c1ccccc1N(c1ccc(-c2ccccc2)cc1)c1ccc(-c2ccccc2)cc1.ClB1C=CCC=C1c1ccccc1N(c1ccc(-c2ccccc2)cc1)c1ccc(-c2ccccc2)cc1. The molecule has 0 aromatic heterocycles. The number of para-hydroxylation sites is 2. The first kappa shape index (κ1) is 56.8. The first-order valence-corrected chi connectivity index (χ1v) is 37.3. The van der Waals surface area contributed by atoms with Gasteiger partial charge in [-0.25, -0.2) is 0 Å². The van der Waals surface area contributed by atoms with Crippen molar-refractivity contribution in [2.24, 2.45) is 0 Å². The van der Waals surface area contributed by atoms with Crippen LogP contribution in [0.25, 0.3) is 53.6 Å². The quantitative estimate of drug-likeness (QED) is 0.0790. The van der Waals surface area contributed by atoms with Crippen molar-refractivity contribution in [1.29, 1.82) is 0 Å². The van der Waals surface area contributed by atoms with Crippen LogP contribution in [0.5, 0.6) is 0 Å². The molecular weight excluding hydrogens is 1130 g/mol. The van der Waals surface area contributed by atoms with Crippen molar-refractivity contribution < 1.29 is 0 Å². The van der Waals surface area contributed by atoms with Crippen molar-refractivity contribution >= 4 is 79.2 Å². The zero-order chi connectivity index (χ0) is 56.6. The summed E-state index contributed by atoms with van der Waals surface area (Å²) in [6.45, 7) is 4.70. The molecule has 12 rings (SSSR count). The van der Waals surface area contributed by atoms with E-state index in [1.54, 1.807) is 3.59 Å². The fourth-order valence-electron chi connectivity index (χ4n) is 12.0. The molecule has 0 saturated heterocycles. The largest absolute Gasteiger partial charge is 0.310 e. The van der Waals surface area contributed by atoms with Gasteiger partial charge in [0.15, 0.2) is 0 Å². The second-order valence-corrected chi connectivity index (χ2v) is 34.1. The summed E-state index contributed by atoms with van der Waals surface area (Å²) in [5.41, 5.74) is 20.5. The Labute approximate surface area is 503 Å². The van der Waals surface area contributed by atoms with Crippen LogP contribution in [0.15, 0.2) is 301 Å². The molecule has 0 aliphatic carbocycles. The first-order chi connectivity index (χ1) is 41.0. The maximum Gasteiger partial charge on any atom is 0.308 e. The van der Waals surface area contributed by atoms with E-state index in [1.807, 2.05) is 0 Å². The van der Waals surface area contributed by atoms with E-state index in [2.05, 4.69) is 325 Å². The molecule has 2 aliphatic rings. The number of halogens is 1. The molecule has 2 heterocycles. The fourth-order valence-corrected chi connectivity index (χ4v) is 26.9. The normalized spacial score (nSPS) is 13.3. The third-order valence-electron chi connectivity index (χ3n) is 16.3. The number of benzene rings is 10. The van der Waals surface area contributed by atoms with Gasteiger partial charge in [-0.2, -0.15) is 11.5 Å². The molecule has 10 aromatic carbocycles. The monoisotopic (exact) mass is 1200 g/mol. The Morgan fingerprint density at radius 3 is 1.06 bits per heavy atom. The van der Waals surface area contributed by atoms with Crippen molar-refractivity contribution in [3.05, 3.63) is 312 Å². The average molecular weight is 1200 g/mol. The van der Waals surface area contributed by atoms with Crippen LogP contribution < -0.4 is 9.80 Å². The fraction of sp³-hybridized carbons (Fsp3) is 0.128. The molecule has 0 radical (unpaired) electrons. The van der Waals surface area contributed by atoms with Gasteiger partial charge in [0.1, 0.15) is 0 Å². The molecule has 0 atom stereocenters. The van der Waals surface area contributed by atoms with E-state index in [0.29, 0.717) is 0 Å². The van der Waals surface area contributed by atoms with Crippen molar-refractivity contribution in [3.8, 4) is 44.5 Å². The van der Waals surface area contributed by atoms with E-state index in [9.17, 15) is 0 Å². The summed E-state index contributed by atoms with van der Waals surface area (Å²) >= 11 is 3.99. The van der Waals surface area contributed by atoms with Crippen LogP contribution in [-0.2, 0) is 0 Å². The Kier molecular flexibility index (Phi) is 19.0. The Hall–Kier alpha value is -8.09. The molecule has 0 N–H and O–H groups in total. The molecule has 0 amide bonds. The van der Waals surface area contributed by atoms with Crippen molar-refractivity contribution in [2.45, 2.75) is 61.2 Å². The van der Waals surface area contributed by atoms with Crippen molar-refractivity contribution in [1.82, 2.24) is 0 Å². The zero-order valence-corrected chi connectivity index (χ0v) is 51.5. The minimum Gasteiger partial charge on any atom is -0.310 e. The molecule has 2 aliphatic heterocycles. The first-order valence-electron chi connectivity index (χ1n) is 29.8. The average Bonchev–Trinajstić information content (AvgIpc) is 3.73. The summed E-state index contributed by atoms with van der Waals surface area (Å²) in [7, 11) is 0. The number of anilines is 6. The number of allylic oxidation sites excluding steroid dienone is 4. The predicted molar refractivity (Wildman–Crippen MR) is 364 cm³/mol. The van der Waals surface area contributed by atoms with Crippen LogP contribution in [0, 0.1) is 0 Å². The molecule has 2 nitrogen and oxygen atoms in total. The molecule has 408 valence electrons.